The fourth-order valence-electron chi connectivity index (χ4n) is 1.94. The highest BCUT2D eigenvalue weighted by atomic mass is 35.5. The minimum atomic E-state index is -0.156. The highest BCUT2D eigenvalue weighted by molar-refractivity contribution is 6.31. The average Bonchev–Trinajstić information content (AvgIpc) is 2.88. The van der Waals surface area contributed by atoms with Gasteiger partial charge in [-0.3, -0.25) is 9.89 Å². The summed E-state index contributed by atoms with van der Waals surface area (Å²) >= 11 is 6.00. The lowest BCUT2D eigenvalue weighted by molar-refractivity contribution is 0.0951. The van der Waals surface area contributed by atoms with Gasteiger partial charge in [0.15, 0.2) is 0 Å². The second kappa shape index (κ2) is 7.13. The number of rotatable bonds is 6. The van der Waals surface area contributed by atoms with Crippen LogP contribution in [0.15, 0.2) is 24.4 Å². The van der Waals surface area contributed by atoms with Gasteiger partial charge in [-0.15, -0.1) is 0 Å². The molecule has 5 nitrogen and oxygen atoms in total. The van der Waals surface area contributed by atoms with E-state index in [1.54, 1.807) is 18.3 Å². The number of anilines is 1. The molecule has 0 aliphatic rings. The van der Waals surface area contributed by atoms with E-state index in [2.05, 4.69) is 27.8 Å². The van der Waals surface area contributed by atoms with Gasteiger partial charge in [-0.2, -0.15) is 5.10 Å². The molecular weight excluding hydrogens is 288 g/mol. The summed E-state index contributed by atoms with van der Waals surface area (Å²) in [5, 5.41) is 13.5. The quantitative estimate of drug-likeness (QED) is 0.768. The number of carbonyl (C=O) groups excluding carboxylic acids is 1. The van der Waals surface area contributed by atoms with Crippen LogP contribution in [0.4, 0.5) is 5.69 Å². The van der Waals surface area contributed by atoms with Crippen molar-refractivity contribution in [1.82, 2.24) is 15.5 Å². The van der Waals surface area contributed by atoms with Gasteiger partial charge in [0.25, 0.3) is 5.91 Å². The molecule has 0 atom stereocenters. The summed E-state index contributed by atoms with van der Waals surface area (Å²) in [6.07, 6.45) is 2.70. The smallest absolute Gasteiger partial charge is 0.253 e. The maximum Gasteiger partial charge on any atom is 0.253 e. The van der Waals surface area contributed by atoms with E-state index >= 15 is 0 Å². The number of H-pyrrole nitrogens is 1. The van der Waals surface area contributed by atoms with E-state index in [4.69, 9.17) is 11.6 Å². The van der Waals surface area contributed by atoms with E-state index in [1.165, 1.54) is 0 Å². The average molecular weight is 307 g/mol. The number of aromatic amines is 1. The van der Waals surface area contributed by atoms with Crippen molar-refractivity contribution < 1.29 is 4.79 Å². The van der Waals surface area contributed by atoms with Crippen LogP contribution in [-0.2, 0) is 6.54 Å². The minimum absolute atomic E-state index is 0.156. The van der Waals surface area contributed by atoms with E-state index in [9.17, 15) is 4.79 Å². The van der Waals surface area contributed by atoms with Crippen molar-refractivity contribution in [2.24, 2.45) is 0 Å². The molecule has 112 valence electrons. The number of hydrogen-bond acceptors (Lipinski definition) is 3. The predicted octanol–water partition coefficient (Wildman–Crippen LogP) is 3.12. The van der Waals surface area contributed by atoms with E-state index in [1.807, 2.05) is 13.0 Å². The Labute approximate surface area is 129 Å². The predicted molar refractivity (Wildman–Crippen MR) is 84.7 cm³/mol. The first kappa shape index (κ1) is 15.4. The molecule has 3 N–H and O–H groups in total. The summed E-state index contributed by atoms with van der Waals surface area (Å²) < 4.78 is 0. The van der Waals surface area contributed by atoms with Crippen LogP contribution in [0.5, 0.6) is 0 Å². The topological polar surface area (TPSA) is 69.8 Å². The molecule has 6 heteroatoms. The molecule has 1 aromatic carbocycles. The Bertz CT molecular complexity index is 624. The number of hydrogen-bond donors (Lipinski definition) is 3. The molecule has 0 bridgehead atoms. The van der Waals surface area contributed by atoms with Crippen molar-refractivity contribution in [1.29, 1.82) is 0 Å². The maximum atomic E-state index is 12.3. The molecule has 0 aliphatic carbocycles. The van der Waals surface area contributed by atoms with Gasteiger partial charge in [0.05, 0.1) is 11.8 Å². The molecule has 0 fully saturated rings. The number of benzene rings is 1. The first-order chi connectivity index (χ1) is 10.1. The number of halogens is 1. The van der Waals surface area contributed by atoms with Crippen molar-refractivity contribution in [3.05, 3.63) is 46.2 Å². The molecule has 0 saturated heterocycles. The summed E-state index contributed by atoms with van der Waals surface area (Å²) in [5.74, 6) is -0.156. The number of nitrogens with zero attached hydrogens (tertiary/aromatic N) is 1. The van der Waals surface area contributed by atoms with Crippen LogP contribution in [0.2, 0.25) is 5.02 Å². The van der Waals surface area contributed by atoms with Crippen LogP contribution >= 0.6 is 11.6 Å². The lowest BCUT2D eigenvalue weighted by atomic mass is 10.1. The van der Waals surface area contributed by atoms with Crippen LogP contribution < -0.4 is 10.6 Å². The molecule has 0 unspecified atom stereocenters. The third-order valence-corrected chi connectivity index (χ3v) is 3.40. The maximum absolute atomic E-state index is 12.3. The van der Waals surface area contributed by atoms with Gasteiger partial charge >= 0.3 is 0 Å². The Morgan fingerprint density at radius 2 is 2.24 bits per heavy atom. The van der Waals surface area contributed by atoms with E-state index in [-0.39, 0.29) is 5.91 Å². The Hall–Kier alpha value is -2.01. The van der Waals surface area contributed by atoms with Crippen LogP contribution in [0.3, 0.4) is 0 Å². The summed E-state index contributed by atoms with van der Waals surface area (Å²) in [4.78, 5) is 12.3. The fourth-order valence-corrected chi connectivity index (χ4v) is 2.11. The Morgan fingerprint density at radius 3 is 2.90 bits per heavy atom. The third kappa shape index (κ3) is 3.98. The van der Waals surface area contributed by atoms with Crippen molar-refractivity contribution in [3.8, 4) is 0 Å². The highest BCUT2D eigenvalue weighted by Crippen LogP contribution is 2.21. The van der Waals surface area contributed by atoms with Crippen LogP contribution in [0.1, 0.15) is 35.0 Å². The number of aromatic nitrogens is 2. The zero-order chi connectivity index (χ0) is 15.2. The van der Waals surface area contributed by atoms with Gasteiger partial charge < -0.3 is 10.6 Å². The van der Waals surface area contributed by atoms with Gasteiger partial charge in [0.1, 0.15) is 0 Å². The second-order valence-corrected chi connectivity index (χ2v) is 5.26. The second-order valence-electron chi connectivity index (χ2n) is 4.82. The Balaban J connectivity index is 2.10. The number of carbonyl (C=O) groups is 1. The SMILES string of the molecule is CCCNc1ccc(Cl)cc1C(=O)NCc1cn[nH]c1C. The molecule has 0 aliphatic heterocycles. The van der Waals surface area contributed by atoms with Gasteiger partial charge in [0.2, 0.25) is 0 Å². The molecule has 0 saturated carbocycles. The van der Waals surface area contributed by atoms with Crippen molar-refractivity contribution in [2.45, 2.75) is 26.8 Å². The standard InChI is InChI=1S/C15H19ClN4O/c1-3-6-17-14-5-4-12(16)7-13(14)15(21)18-8-11-9-19-20-10(11)2/h4-5,7,9,17H,3,6,8H2,1-2H3,(H,18,21)(H,19,20). The fraction of sp³-hybridized carbons (Fsp3) is 0.333. The van der Waals surface area contributed by atoms with Crippen LogP contribution in [-0.4, -0.2) is 22.6 Å². The van der Waals surface area contributed by atoms with Gasteiger partial charge in [-0.05, 0) is 31.5 Å². The number of aryl methyl sites for hydroxylation is 1. The van der Waals surface area contributed by atoms with E-state index in [0.29, 0.717) is 17.1 Å². The number of amides is 1. The molecular formula is C15H19ClN4O. The van der Waals surface area contributed by atoms with Crippen molar-refractivity contribution >= 4 is 23.2 Å². The molecule has 2 aromatic rings. The van der Waals surface area contributed by atoms with E-state index < -0.39 is 0 Å². The van der Waals surface area contributed by atoms with E-state index in [0.717, 1.165) is 29.9 Å². The van der Waals surface area contributed by atoms with Gasteiger partial charge in [-0.1, -0.05) is 18.5 Å². The largest absolute Gasteiger partial charge is 0.384 e. The van der Waals surface area contributed by atoms with Gasteiger partial charge in [0, 0.05) is 35.1 Å². The summed E-state index contributed by atoms with van der Waals surface area (Å²) in [6, 6.07) is 5.28. The monoisotopic (exact) mass is 306 g/mol. The zero-order valence-electron chi connectivity index (χ0n) is 12.2. The molecule has 0 radical (unpaired) electrons. The highest BCUT2D eigenvalue weighted by Gasteiger charge is 2.12. The van der Waals surface area contributed by atoms with Gasteiger partial charge in [-0.25, -0.2) is 0 Å². The first-order valence-corrected chi connectivity index (χ1v) is 7.30. The first-order valence-electron chi connectivity index (χ1n) is 6.92. The summed E-state index contributed by atoms with van der Waals surface area (Å²) in [5.41, 5.74) is 3.26. The lowest BCUT2D eigenvalue weighted by Gasteiger charge is -2.12. The minimum Gasteiger partial charge on any atom is -0.384 e. The zero-order valence-corrected chi connectivity index (χ0v) is 12.9. The van der Waals surface area contributed by atoms with Crippen molar-refractivity contribution in [3.63, 3.8) is 0 Å². The Kier molecular flexibility index (Phi) is 5.22. The molecule has 21 heavy (non-hydrogen) atoms. The van der Waals surface area contributed by atoms with Crippen molar-refractivity contribution in [2.75, 3.05) is 11.9 Å². The summed E-state index contributed by atoms with van der Waals surface area (Å²) in [6.45, 7) is 5.23. The molecule has 2 rings (SSSR count). The lowest BCUT2D eigenvalue weighted by Crippen LogP contribution is -2.24. The molecule has 1 aromatic heterocycles. The summed E-state index contributed by atoms with van der Waals surface area (Å²) in [7, 11) is 0. The van der Waals surface area contributed by atoms with Crippen LogP contribution in [0, 0.1) is 6.92 Å². The Morgan fingerprint density at radius 1 is 1.43 bits per heavy atom. The third-order valence-electron chi connectivity index (χ3n) is 3.17. The molecule has 1 amide bonds. The van der Waals surface area contributed by atoms with Crippen LogP contribution in [0.25, 0.3) is 0 Å². The normalized spacial score (nSPS) is 10.4. The number of nitrogens with one attached hydrogen (secondary N) is 3. The molecule has 0 spiro atoms. The molecule has 1 heterocycles.